The van der Waals surface area contributed by atoms with Crippen LogP contribution in [0.4, 0.5) is 11.4 Å². The summed E-state index contributed by atoms with van der Waals surface area (Å²) < 4.78 is 10.9. The highest BCUT2D eigenvalue weighted by molar-refractivity contribution is 5.91. The minimum Gasteiger partial charge on any atom is -0.457 e. The molecule has 0 bridgehead atoms. The Morgan fingerprint density at radius 2 is 1.34 bits per heavy atom. The first-order chi connectivity index (χ1) is 13.9. The number of carbonyl (C=O) groups excluding carboxylic acids is 2. The topological polar surface area (TPSA) is 108 Å². The van der Waals surface area contributed by atoms with Gasteiger partial charge in [-0.25, -0.2) is 4.79 Å². The number of ether oxygens (including phenoxy) is 2. The van der Waals surface area contributed by atoms with Crippen molar-refractivity contribution in [2.45, 2.75) is 6.92 Å². The summed E-state index contributed by atoms with van der Waals surface area (Å²) in [5.74, 6) is 0.514. The Morgan fingerprint density at radius 3 is 1.86 bits per heavy atom. The van der Waals surface area contributed by atoms with Gasteiger partial charge in [0, 0.05) is 24.7 Å². The minimum atomic E-state index is -0.542. The highest BCUT2D eigenvalue weighted by Crippen LogP contribution is 2.24. The van der Waals surface area contributed by atoms with Gasteiger partial charge in [0.1, 0.15) is 17.2 Å². The lowest BCUT2D eigenvalue weighted by atomic mass is 10.2. The fourth-order valence-electron chi connectivity index (χ4n) is 2.41. The highest BCUT2D eigenvalue weighted by atomic mass is 16.6. The molecule has 3 rings (SSSR count). The number of carbonyl (C=O) groups is 2. The molecular weight excluding hydrogens is 376 g/mol. The number of benzene rings is 3. The summed E-state index contributed by atoms with van der Waals surface area (Å²) >= 11 is 0. The van der Waals surface area contributed by atoms with Crippen LogP contribution >= 0.6 is 0 Å². The van der Waals surface area contributed by atoms with E-state index in [2.05, 4.69) is 5.32 Å². The molecule has 146 valence electrons. The summed E-state index contributed by atoms with van der Waals surface area (Å²) in [6.45, 7) is 1.41. The number of nitrogens with one attached hydrogen (secondary N) is 1. The number of anilines is 1. The van der Waals surface area contributed by atoms with Gasteiger partial charge in [0.15, 0.2) is 0 Å². The molecule has 0 spiro atoms. The Hall–Kier alpha value is -4.20. The number of hydrogen-bond acceptors (Lipinski definition) is 6. The van der Waals surface area contributed by atoms with Gasteiger partial charge in [0.05, 0.1) is 10.5 Å². The highest BCUT2D eigenvalue weighted by Gasteiger charge is 2.10. The lowest BCUT2D eigenvalue weighted by molar-refractivity contribution is -0.384. The molecule has 8 nitrogen and oxygen atoms in total. The molecule has 0 aliphatic heterocycles. The van der Waals surface area contributed by atoms with Crippen LogP contribution in [0, 0.1) is 10.1 Å². The molecule has 0 fully saturated rings. The third kappa shape index (κ3) is 5.39. The summed E-state index contributed by atoms with van der Waals surface area (Å²) in [4.78, 5) is 33.4. The van der Waals surface area contributed by atoms with Crippen molar-refractivity contribution in [3.8, 4) is 17.2 Å². The molecule has 0 aliphatic rings. The van der Waals surface area contributed by atoms with Gasteiger partial charge in [0.25, 0.3) is 5.69 Å². The minimum absolute atomic E-state index is 0.0273. The first-order valence-corrected chi connectivity index (χ1v) is 8.53. The molecule has 0 aliphatic carbocycles. The van der Waals surface area contributed by atoms with Gasteiger partial charge in [0.2, 0.25) is 5.91 Å². The number of nitro groups is 1. The monoisotopic (exact) mass is 392 g/mol. The van der Waals surface area contributed by atoms with E-state index in [4.69, 9.17) is 9.47 Å². The molecule has 0 unspecified atom stereocenters. The van der Waals surface area contributed by atoms with Crippen LogP contribution in [0.3, 0.4) is 0 Å². The van der Waals surface area contributed by atoms with Crippen molar-refractivity contribution in [2.24, 2.45) is 0 Å². The van der Waals surface area contributed by atoms with E-state index in [9.17, 15) is 19.7 Å². The Kier molecular flexibility index (Phi) is 5.84. The van der Waals surface area contributed by atoms with E-state index in [0.717, 1.165) is 0 Å². The van der Waals surface area contributed by atoms with Gasteiger partial charge in [-0.3, -0.25) is 14.9 Å². The zero-order valence-corrected chi connectivity index (χ0v) is 15.3. The molecule has 0 heterocycles. The number of hydrogen-bond donors (Lipinski definition) is 1. The molecule has 0 saturated heterocycles. The van der Waals surface area contributed by atoms with Gasteiger partial charge >= 0.3 is 5.97 Å². The second-order valence-electron chi connectivity index (χ2n) is 5.97. The first-order valence-electron chi connectivity index (χ1n) is 8.53. The Balaban J connectivity index is 1.61. The summed E-state index contributed by atoms with van der Waals surface area (Å²) in [6.07, 6.45) is 0. The number of esters is 1. The lowest BCUT2D eigenvalue weighted by Gasteiger charge is -2.08. The summed E-state index contributed by atoms with van der Waals surface area (Å²) in [7, 11) is 0. The third-order valence-corrected chi connectivity index (χ3v) is 3.76. The second-order valence-corrected chi connectivity index (χ2v) is 5.97. The summed E-state index contributed by atoms with van der Waals surface area (Å²) in [6, 6.07) is 18.4. The van der Waals surface area contributed by atoms with E-state index in [-0.39, 0.29) is 11.6 Å². The largest absolute Gasteiger partial charge is 0.457 e. The van der Waals surface area contributed by atoms with Crippen LogP contribution in [0.25, 0.3) is 0 Å². The van der Waals surface area contributed by atoms with Crippen LogP contribution in [0.5, 0.6) is 17.2 Å². The molecule has 3 aromatic rings. The van der Waals surface area contributed by atoms with Crippen LogP contribution in [0.2, 0.25) is 0 Å². The van der Waals surface area contributed by atoms with E-state index in [1.54, 1.807) is 48.5 Å². The maximum atomic E-state index is 12.3. The van der Waals surface area contributed by atoms with Gasteiger partial charge in [-0.2, -0.15) is 0 Å². The van der Waals surface area contributed by atoms with Crippen molar-refractivity contribution < 1.29 is 24.0 Å². The van der Waals surface area contributed by atoms with Crippen molar-refractivity contribution in [1.29, 1.82) is 0 Å². The number of nitrogens with zero attached hydrogens (tertiary/aromatic N) is 1. The average molecular weight is 392 g/mol. The first kappa shape index (κ1) is 19.6. The standard InChI is InChI=1S/C21H16N2O6/c1-14(24)22-16-4-10-20(11-5-16)29-21(25)15-2-8-18(9-3-15)28-19-12-6-17(7-13-19)23(26)27/h2-13H,1H3,(H,22,24). The van der Waals surface area contributed by atoms with Crippen molar-refractivity contribution >= 4 is 23.3 Å². The molecule has 0 atom stereocenters. The Morgan fingerprint density at radius 1 is 0.828 bits per heavy atom. The zero-order chi connectivity index (χ0) is 20.8. The van der Waals surface area contributed by atoms with Crippen LogP contribution in [0.1, 0.15) is 17.3 Å². The van der Waals surface area contributed by atoms with E-state index in [0.29, 0.717) is 28.5 Å². The van der Waals surface area contributed by atoms with Crippen molar-refractivity contribution in [3.05, 3.63) is 88.5 Å². The third-order valence-electron chi connectivity index (χ3n) is 3.76. The molecule has 0 radical (unpaired) electrons. The Bertz CT molecular complexity index is 1030. The van der Waals surface area contributed by atoms with Gasteiger partial charge in [-0.05, 0) is 60.7 Å². The number of nitro benzene ring substituents is 1. The van der Waals surface area contributed by atoms with Gasteiger partial charge < -0.3 is 14.8 Å². The predicted octanol–water partition coefficient (Wildman–Crippen LogP) is 4.56. The molecule has 0 aromatic heterocycles. The zero-order valence-electron chi connectivity index (χ0n) is 15.3. The van der Waals surface area contributed by atoms with E-state index >= 15 is 0 Å². The normalized spacial score (nSPS) is 10.1. The SMILES string of the molecule is CC(=O)Nc1ccc(OC(=O)c2ccc(Oc3ccc([N+](=O)[O-])cc3)cc2)cc1. The fourth-order valence-corrected chi connectivity index (χ4v) is 2.41. The van der Waals surface area contributed by atoms with Crippen LogP contribution in [-0.4, -0.2) is 16.8 Å². The molecular formula is C21H16N2O6. The molecule has 1 amide bonds. The smallest absolute Gasteiger partial charge is 0.343 e. The Labute approximate surface area is 165 Å². The maximum Gasteiger partial charge on any atom is 0.343 e. The molecule has 8 heteroatoms. The van der Waals surface area contributed by atoms with Crippen LogP contribution in [-0.2, 0) is 4.79 Å². The summed E-state index contributed by atoms with van der Waals surface area (Å²) in [5, 5.41) is 13.3. The molecule has 0 saturated carbocycles. The van der Waals surface area contributed by atoms with E-state index < -0.39 is 10.9 Å². The van der Waals surface area contributed by atoms with Gasteiger partial charge in [-0.1, -0.05) is 0 Å². The van der Waals surface area contributed by atoms with Crippen LogP contribution in [0.15, 0.2) is 72.8 Å². The summed E-state index contributed by atoms with van der Waals surface area (Å²) in [5.41, 5.74) is 0.901. The van der Waals surface area contributed by atoms with Gasteiger partial charge in [-0.15, -0.1) is 0 Å². The second kappa shape index (κ2) is 8.66. The molecule has 1 N–H and O–H groups in total. The van der Waals surface area contributed by atoms with Crippen molar-refractivity contribution in [2.75, 3.05) is 5.32 Å². The fraction of sp³-hybridized carbons (Fsp3) is 0.0476. The average Bonchev–Trinajstić information content (AvgIpc) is 2.70. The number of amides is 1. The maximum absolute atomic E-state index is 12.3. The van der Waals surface area contributed by atoms with E-state index in [1.807, 2.05) is 0 Å². The van der Waals surface area contributed by atoms with E-state index in [1.165, 1.54) is 31.2 Å². The van der Waals surface area contributed by atoms with Crippen molar-refractivity contribution in [3.63, 3.8) is 0 Å². The molecule has 29 heavy (non-hydrogen) atoms. The van der Waals surface area contributed by atoms with Crippen molar-refractivity contribution in [1.82, 2.24) is 0 Å². The number of rotatable bonds is 6. The van der Waals surface area contributed by atoms with Crippen LogP contribution < -0.4 is 14.8 Å². The lowest BCUT2D eigenvalue weighted by Crippen LogP contribution is -2.09. The number of non-ortho nitro benzene ring substituents is 1. The predicted molar refractivity (Wildman–Crippen MR) is 105 cm³/mol. The quantitative estimate of drug-likeness (QED) is 0.285. The molecule has 3 aromatic carbocycles.